The highest BCUT2D eigenvalue weighted by Gasteiger charge is 2.34. The lowest BCUT2D eigenvalue weighted by molar-refractivity contribution is 0.575. The van der Waals surface area contributed by atoms with E-state index in [0.717, 1.165) is 36.5 Å². The molecule has 0 saturated heterocycles. The molecular formula is C11H11ClN2O. The van der Waals surface area contributed by atoms with Crippen LogP contribution in [0.4, 0.5) is 5.69 Å². The summed E-state index contributed by atoms with van der Waals surface area (Å²) in [6.07, 6.45) is 3.34. The third-order valence-corrected chi connectivity index (χ3v) is 3.79. The van der Waals surface area contributed by atoms with Crippen LogP contribution in [-0.4, -0.2) is 6.54 Å². The molecule has 1 atom stereocenters. The predicted octanol–water partition coefficient (Wildman–Crippen LogP) is 3.26. The molecule has 1 heterocycles. The van der Waals surface area contributed by atoms with Gasteiger partial charge in [-0.3, -0.25) is 0 Å². The Morgan fingerprint density at radius 1 is 1.47 bits per heavy atom. The molecule has 2 aliphatic rings. The lowest BCUT2D eigenvalue weighted by Crippen LogP contribution is -2.14. The van der Waals surface area contributed by atoms with Crippen molar-refractivity contribution in [1.29, 1.82) is 0 Å². The number of rotatable bonds is 1. The van der Waals surface area contributed by atoms with Crippen LogP contribution in [0.5, 0.6) is 0 Å². The highest BCUT2D eigenvalue weighted by atomic mass is 35.5. The topological polar surface area (TPSA) is 32.7 Å². The first kappa shape index (κ1) is 9.16. The van der Waals surface area contributed by atoms with E-state index < -0.39 is 0 Å². The smallest absolute Gasteiger partial charge is 0.0665 e. The van der Waals surface area contributed by atoms with E-state index in [2.05, 4.69) is 5.29 Å². The first-order valence-corrected chi connectivity index (χ1v) is 5.61. The van der Waals surface area contributed by atoms with E-state index in [1.807, 2.05) is 12.1 Å². The summed E-state index contributed by atoms with van der Waals surface area (Å²) in [5, 5.41) is 5.47. The zero-order valence-electron chi connectivity index (χ0n) is 8.24. The van der Waals surface area contributed by atoms with Crippen molar-refractivity contribution in [2.24, 2.45) is 5.29 Å². The largest absolute Gasteiger partial charge is 0.228 e. The van der Waals surface area contributed by atoms with Crippen LogP contribution in [0.2, 0.25) is 5.02 Å². The van der Waals surface area contributed by atoms with E-state index in [1.54, 1.807) is 5.01 Å². The van der Waals surface area contributed by atoms with Gasteiger partial charge in [-0.1, -0.05) is 11.6 Å². The Kier molecular flexibility index (Phi) is 1.96. The second-order valence-corrected chi connectivity index (χ2v) is 4.62. The van der Waals surface area contributed by atoms with Gasteiger partial charge >= 0.3 is 0 Å². The predicted molar refractivity (Wildman–Crippen MR) is 60.3 cm³/mol. The quantitative estimate of drug-likeness (QED) is 0.684. The minimum Gasteiger partial charge on any atom is -0.228 e. The Bertz CT molecular complexity index is 433. The SMILES string of the molecule is O=NN1CC2CCCc3c(Cl)ccc1c32. The molecule has 3 rings (SSSR count). The summed E-state index contributed by atoms with van der Waals surface area (Å²) in [4.78, 5) is 10.7. The summed E-state index contributed by atoms with van der Waals surface area (Å²) in [6.45, 7) is 0.728. The van der Waals surface area contributed by atoms with E-state index in [9.17, 15) is 4.91 Å². The third-order valence-electron chi connectivity index (χ3n) is 3.43. The van der Waals surface area contributed by atoms with Crippen LogP contribution < -0.4 is 5.01 Å². The van der Waals surface area contributed by atoms with Crippen molar-refractivity contribution in [1.82, 2.24) is 0 Å². The van der Waals surface area contributed by atoms with Crippen LogP contribution in [-0.2, 0) is 6.42 Å². The van der Waals surface area contributed by atoms with Gasteiger partial charge in [0, 0.05) is 10.9 Å². The highest BCUT2D eigenvalue weighted by molar-refractivity contribution is 6.31. The summed E-state index contributed by atoms with van der Waals surface area (Å²) in [6, 6.07) is 3.79. The monoisotopic (exact) mass is 222 g/mol. The van der Waals surface area contributed by atoms with Gasteiger partial charge in [-0.05, 0) is 42.5 Å². The van der Waals surface area contributed by atoms with Gasteiger partial charge in [-0.2, -0.15) is 0 Å². The first-order chi connectivity index (χ1) is 7.31. The number of nitrogens with zero attached hydrogens (tertiary/aromatic N) is 2. The van der Waals surface area contributed by atoms with Crippen molar-refractivity contribution >= 4 is 17.3 Å². The maximum Gasteiger partial charge on any atom is 0.0665 e. The van der Waals surface area contributed by atoms with Crippen LogP contribution in [0.1, 0.15) is 29.9 Å². The lowest BCUT2D eigenvalue weighted by atomic mass is 9.84. The van der Waals surface area contributed by atoms with Gasteiger partial charge in [0.15, 0.2) is 0 Å². The number of anilines is 1. The number of hydrogen-bond acceptors (Lipinski definition) is 2. The van der Waals surface area contributed by atoms with Gasteiger partial charge in [0.05, 0.1) is 17.5 Å². The van der Waals surface area contributed by atoms with E-state index in [-0.39, 0.29) is 0 Å². The third kappa shape index (κ3) is 1.19. The number of benzene rings is 1. The maximum atomic E-state index is 10.7. The second-order valence-electron chi connectivity index (χ2n) is 4.21. The Labute approximate surface area is 93.0 Å². The van der Waals surface area contributed by atoms with Gasteiger partial charge in [0.2, 0.25) is 0 Å². The fraction of sp³-hybridized carbons (Fsp3) is 0.455. The molecule has 4 heteroatoms. The second kappa shape index (κ2) is 3.20. The normalized spacial score (nSPS) is 22.7. The Hall–Kier alpha value is -1.09. The Morgan fingerprint density at radius 3 is 3.13 bits per heavy atom. The first-order valence-electron chi connectivity index (χ1n) is 5.23. The van der Waals surface area contributed by atoms with Gasteiger partial charge in [-0.15, -0.1) is 4.91 Å². The van der Waals surface area contributed by atoms with Crippen molar-refractivity contribution < 1.29 is 0 Å². The Morgan fingerprint density at radius 2 is 2.33 bits per heavy atom. The van der Waals surface area contributed by atoms with Gasteiger partial charge in [-0.25, -0.2) is 5.01 Å². The molecule has 1 aromatic rings. The maximum absolute atomic E-state index is 10.7. The van der Waals surface area contributed by atoms with Gasteiger partial charge in [0.25, 0.3) is 0 Å². The fourth-order valence-corrected chi connectivity index (χ4v) is 3.06. The molecule has 0 saturated carbocycles. The van der Waals surface area contributed by atoms with Crippen molar-refractivity contribution in [2.45, 2.75) is 25.2 Å². The number of hydrogen-bond donors (Lipinski definition) is 0. The molecule has 0 spiro atoms. The molecule has 0 fully saturated rings. The Balaban J connectivity index is 2.22. The molecule has 0 N–H and O–H groups in total. The van der Waals surface area contributed by atoms with Crippen molar-refractivity contribution in [3.8, 4) is 0 Å². The summed E-state index contributed by atoms with van der Waals surface area (Å²) >= 11 is 6.17. The van der Waals surface area contributed by atoms with Crippen LogP contribution >= 0.6 is 11.6 Å². The van der Waals surface area contributed by atoms with E-state index in [1.165, 1.54) is 11.1 Å². The van der Waals surface area contributed by atoms with Crippen LogP contribution in [0.3, 0.4) is 0 Å². The zero-order chi connectivity index (χ0) is 10.4. The molecule has 3 nitrogen and oxygen atoms in total. The number of halogens is 1. The molecule has 0 bridgehead atoms. The molecule has 0 radical (unpaired) electrons. The van der Waals surface area contributed by atoms with Crippen LogP contribution in [0.15, 0.2) is 17.4 Å². The highest BCUT2D eigenvalue weighted by Crippen LogP contribution is 2.46. The minimum absolute atomic E-state index is 0.458. The molecule has 15 heavy (non-hydrogen) atoms. The van der Waals surface area contributed by atoms with Crippen molar-refractivity contribution in [3.05, 3.63) is 33.2 Å². The molecule has 0 aromatic heterocycles. The van der Waals surface area contributed by atoms with E-state index >= 15 is 0 Å². The summed E-state index contributed by atoms with van der Waals surface area (Å²) in [7, 11) is 0. The molecule has 1 aliphatic heterocycles. The fourth-order valence-electron chi connectivity index (χ4n) is 2.80. The van der Waals surface area contributed by atoms with Crippen molar-refractivity contribution in [2.75, 3.05) is 11.6 Å². The van der Waals surface area contributed by atoms with Gasteiger partial charge < -0.3 is 0 Å². The average Bonchev–Trinajstić information content (AvgIpc) is 2.63. The molecular weight excluding hydrogens is 212 g/mol. The summed E-state index contributed by atoms with van der Waals surface area (Å²) in [5.41, 5.74) is 3.47. The standard InChI is InChI=1S/C11H11ClN2O/c12-9-4-5-10-11-7(6-14(10)13-15)2-1-3-8(9)11/h4-5,7H,1-3,6H2. The minimum atomic E-state index is 0.458. The zero-order valence-corrected chi connectivity index (χ0v) is 9.00. The van der Waals surface area contributed by atoms with Gasteiger partial charge in [0.1, 0.15) is 0 Å². The lowest BCUT2D eigenvalue weighted by Gasteiger charge is -2.20. The molecule has 1 unspecified atom stereocenters. The van der Waals surface area contributed by atoms with Crippen molar-refractivity contribution in [3.63, 3.8) is 0 Å². The molecule has 1 aliphatic carbocycles. The molecule has 78 valence electrons. The molecule has 1 aromatic carbocycles. The summed E-state index contributed by atoms with van der Waals surface area (Å²) < 4.78 is 0. The average molecular weight is 223 g/mol. The van der Waals surface area contributed by atoms with Crippen LogP contribution in [0, 0.1) is 4.91 Å². The summed E-state index contributed by atoms with van der Waals surface area (Å²) in [5.74, 6) is 0.458. The van der Waals surface area contributed by atoms with E-state index in [0.29, 0.717) is 5.92 Å². The van der Waals surface area contributed by atoms with Crippen LogP contribution in [0.25, 0.3) is 0 Å². The van der Waals surface area contributed by atoms with E-state index in [4.69, 9.17) is 11.6 Å². The molecule has 0 amide bonds. The number of nitroso groups, excluding NO2 is 1.